The molecule has 0 radical (unpaired) electrons. The molecule has 0 unspecified atom stereocenters. The molecule has 0 aliphatic rings. The van der Waals surface area contributed by atoms with Gasteiger partial charge in [-0.05, 0) is 6.92 Å². The molecule has 0 aliphatic heterocycles. The largest absolute Gasteiger partial charge is 0.488 e. The molecule has 1 heterocycles. The van der Waals surface area contributed by atoms with E-state index in [9.17, 15) is 18.0 Å². The zero-order chi connectivity index (χ0) is 14.5. The Balaban J connectivity index is 2.94. The second-order valence-corrected chi connectivity index (χ2v) is 3.36. The number of alkyl halides is 3. The van der Waals surface area contributed by atoms with E-state index < -0.39 is 18.8 Å². The molecule has 106 valence electrons. The average Bonchev–Trinajstić information content (AvgIpc) is 2.35. The van der Waals surface area contributed by atoms with Crippen molar-refractivity contribution in [1.82, 2.24) is 4.98 Å². The molecule has 0 aromatic carbocycles. The van der Waals surface area contributed by atoms with Crippen LogP contribution in [0.4, 0.5) is 13.2 Å². The van der Waals surface area contributed by atoms with E-state index in [2.05, 4.69) is 14.5 Å². The van der Waals surface area contributed by atoms with Gasteiger partial charge < -0.3 is 14.2 Å². The van der Waals surface area contributed by atoms with Gasteiger partial charge in [0.15, 0.2) is 12.4 Å². The third-order valence-corrected chi connectivity index (χ3v) is 1.91. The van der Waals surface area contributed by atoms with Gasteiger partial charge in [-0.3, -0.25) is 0 Å². The number of nitrogens with zero attached hydrogens (tertiary/aromatic N) is 1. The first kappa shape index (κ1) is 15.1. The van der Waals surface area contributed by atoms with Gasteiger partial charge in [0.1, 0.15) is 0 Å². The molecule has 19 heavy (non-hydrogen) atoms. The van der Waals surface area contributed by atoms with Gasteiger partial charge in [-0.25, -0.2) is 9.78 Å². The third kappa shape index (κ3) is 4.65. The van der Waals surface area contributed by atoms with Gasteiger partial charge in [0, 0.05) is 12.3 Å². The molecule has 0 saturated carbocycles. The number of halogens is 3. The van der Waals surface area contributed by atoms with E-state index in [4.69, 9.17) is 4.74 Å². The molecule has 0 atom stereocenters. The molecule has 0 fully saturated rings. The summed E-state index contributed by atoms with van der Waals surface area (Å²) < 4.78 is 50.2. The van der Waals surface area contributed by atoms with Crippen molar-refractivity contribution in [3.05, 3.63) is 17.8 Å². The lowest BCUT2D eigenvalue weighted by atomic mass is 10.3. The van der Waals surface area contributed by atoms with Crippen LogP contribution in [-0.2, 0) is 4.74 Å². The summed E-state index contributed by atoms with van der Waals surface area (Å²) in [6, 6.07) is 1.22. The van der Waals surface area contributed by atoms with Crippen LogP contribution in [0.5, 0.6) is 11.6 Å². The highest BCUT2D eigenvalue weighted by atomic mass is 19.4. The molecule has 1 aromatic heterocycles. The average molecular weight is 279 g/mol. The molecular formula is C11H12F3NO4. The number of hydrogen-bond donors (Lipinski definition) is 0. The number of methoxy groups -OCH3 is 1. The number of hydrogen-bond acceptors (Lipinski definition) is 5. The van der Waals surface area contributed by atoms with Gasteiger partial charge in [-0.15, -0.1) is 0 Å². The molecule has 1 rings (SSSR count). The van der Waals surface area contributed by atoms with Gasteiger partial charge in [0.25, 0.3) is 5.88 Å². The van der Waals surface area contributed by atoms with Crippen LogP contribution < -0.4 is 9.47 Å². The van der Waals surface area contributed by atoms with Crippen molar-refractivity contribution in [3.63, 3.8) is 0 Å². The van der Waals surface area contributed by atoms with Crippen LogP contribution in [0.3, 0.4) is 0 Å². The summed E-state index contributed by atoms with van der Waals surface area (Å²) in [6.45, 7) is 0.338. The Morgan fingerprint density at radius 1 is 1.37 bits per heavy atom. The molecule has 0 bridgehead atoms. The Morgan fingerprint density at radius 2 is 2.05 bits per heavy atom. The number of aromatic nitrogens is 1. The van der Waals surface area contributed by atoms with Crippen LogP contribution in [-0.4, -0.2) is 37.5 Å². The minimum Gasteiger partial charge on any atom is -0.488 e. The van der Waals surface area contributed by atoms with Gasteiger partial charge >= 0.3 is 12.1 Å². The second kappa shape index (κ2) is 6.26. The van der Waals surface area contributed by atoms with Crippen LogP contribution in [0.1, 0.15) is 17.3 Å². The zero-order valence-electron chi connectivity index (χ0n) is 10.3. The lowest BCUT2D eigenvalue weighted by Gasteiger charge is -2.12. The lowest BCUT2D eigenvalue weighted by molar-refractivity contribution is -0.154. The Kier molecular flexibility index (Phi) is 4.96. The maximum Gasteiger partial charge on any atom is 0.422 e. The summed E-state index contributed by atoms with van der Waals surface area (Å²) in [6.07, 6.45) is -3.42. The zero-order valence-corrected chi connectivity index (χ0v) is 10.3. The number of pyridine rings is 1. The van der Waals surface area contributed by atoms with E-state index in [0.29, 0.717) is 0 Å². The van der Waals surface area contributed by atoms with Crippen LogP contribution in [0.15, 0.2) is 12.3 Å². The molecule has 0 N–H and O–H groups in total. The maximum atomic E-state index is 12.1. The lowest BCUT2D eigenvalue weighted by Crippen LogP contribution is -2.20. The van der Waals surface area contributed by atoms with E-state index >= 15 is 0 Å². The number of esters is 1. The first-order valence-corrected chi connectivity index (χ1v) is 5.28. The van der Waals surface area contributed by atoms with Gasteiger partial charge in [0.2, 0.25) is 0 Å². The summed E-state index contributed by atoms with van der Waals surface area (Å²) in [5.41, 5.74) is 0.0605. The highest BCUT2D eigenvalue weighted by Crippen LogP contribution is 2.27. The van der Waals surface area contributed by atoms with E-state index in [0.717, 1.165) is 6.20 Å². The van der Waals surface area contributed by atoms with Crippen molar-refractivity contribution in [2.24, 2.45) is 0 Å². The molecule has 8 heteroatoms. The summed E-state index contributed by atoms with van der Waals surface area (Å²) in [4.78, 5) is 14.9. The predicted molar refractivity (Wildman–Crippen MR) is 58.3 cm³/mol. The molecule has 0 spiro atoms. The third-order valence-electron chi connectivity index (χ3n) is 1.91. The van der Waals surface area contributed by atoms with Gasteiger partial charge in [-0.1, -0.05) is 0 Å². The molecule has 0 aliphatic carbocycles. The van der Waals surface area contributed by atoms with E-state index in [-0.39, 0.29) is 23.8 Å². The SMILES string of the molecule is CCOc1cc(C(=O)OC)cnc1OCC(F)(F)F. The number of rotatable bonds is 5. The monoisotopic (exact) mass is 279 g/mol. The molecule has 0 amide bonds. The summed E-state index contributed by atoms with van der Waals surface area (Å²) in [5, 5.41) is 0. The Bertz CT molecular complexity index is 448. The van der Waals surface area contributed by atoms with Crippen LogP contribution >= 0.6 is 0 Å². The standard InChI is InChI=1S/C11H12F3NO4/c1-3-18-8-4-7(10(16)17-2)5-15-9(8)19-6-11(12,13)14/h4-5H,3,6H2,1-2H3. The first-order chi connectivity index (χ1) is 8.87. The summed E-state index contributed by atoms with van der Waals surface area (Å²) in [5.74, 6) is -1.04. The predicted octanol–water partition coefficient (Wildman–Crippen LogP) is 2.21. The van der Waals surface area contributed by atoms with Crippen molar-refractivity contribution < 1.29 is 32.2 Å². The highest BCUT2D eigenvalue weighted by Gasteiger charge is 2.29. The van der Waals surface area contributed by atoms with Crippen molar-refractivity contribution in [2.75, 3.05) is 20.3 Å². The minimum absolute atomic E-state index is 0.0466. The quantitative estimate of drug-likeness (QED) is 0.773. The molecule has 5 nitrogen and oxygen atoms in total. The van der Waals surface area contributed by atoms with E-state index in [1.165, 1.54) is 13.2 Å². The molecule has 0 saturated heterocycles. The highest BCUT2D eigenvalue weighted by molar-refractivity contribution is 5.89. The Hall–Kier alpha value is -1.99. The number of carbonyl (C=O) groups is 1. The van der Waals surface area contributed by atoms with Crippen molar-refractivity contribution in [3.8, 4) is 11.6 Å². The van der Waals surface area contributed by atoms with Crippen molar-refractivity contribution in [1.29, 1.82) is 0 Å². The summed E-state index contributed by atoms with van der Waals surface area (Å²) in [7, 11) is 1.18. The van der Waals surface area contributed by atoms with Crippen molar-refractivity contribution in [2.45, 2.75) is 13.1 Å². The van der Waals surface area contributed by atoms with E-state index in [1.54, 1.807) is 6.92 Å². The minimum atomic E-state index is -4.48. The van der Waals surface area contributed by atoms with Crippen LogP contribution in [0, 0.1) is 0 Å². The summed E-state index contributed by atoms with van der Waals surface area (Å²) >= 11 is 0. The molecule has 1 aromatic rings. The Labute approximate surface area is 107 Å². The maximum absolute atomic E-state index is 12.1. The van der Waals surface area contributed by atoms with Crippen LogP contribution in [0.2, 0.25) is 0 Å². The van der Waals surface area contributed by atoms with Crippen molar-refractivity contribution >= 4 is 5.97 Å². The first-order valence-electron chi connectivity index (χ1n) is 5.28. The number of carbonyl (C=O) groups excluding carboxylic acids is 1. The van der Waals surface area contributed by atoms with Crippen LogP contribution in [0.25, 0.3) is 0 Å². The molecular weight excluding hydrogens is 267 g/mol. The number of ether oxygens (including phenoxy) is 3. The smallest absolute Gasteiger partial charge is 0.422 e. The topological polar surface area (TPSA) is 57.7 Å². The fraction of sp³-hybridized carbons (Fsp3) is 0.455. The van der Waals surface area contributed by atoms with Gasteiger partial charge in [0.05, 0.1) is 19.3 Å². The van der Waals surface area contributed by atoms with Gasteiger partial charge in [-0.2, -0.15) is 13.2 Å². The second-order valence-electron chi connectivity index (χ2n) is 3.36. The van der Waals surface area contributed by atoms with E-state index in [1.807, 2.05) is 0 Å². The fourth-order valence-corrected chi connectivity index (χ4v) is 1.18. The fourth-order valence-electron chi connectivity index (χ4n) is 1.18. The Morgan fingerprint density at radius 3 is 2.58 bits per heavy atom. The normalized spacial score (nSPS) is 11.0.